The first-order valence-electron chi connectivity index (χ1n) is 5.20. The van der Waals surface area contributed by atoms with Gasteiger partial charge in [-0.25, -0.2) is 0 Å². The fourth-order valence-electron chi connectivity index (χ4n) is 3.78. The zero-order valence-electron chi connectivity index (χ0n) is 7.46. The number of hydrogen-bond donors (Lipinski definition) is 1. The molecule has 2 saturated carbocycles. The summed E-state index contributed by atoms with van der Waals surface area (Å²) >= 11 is 0. The lowest BCUT2D eigenvalue weighted by molar-refractivity contribution is -0.197. The molecule has 2 nitrogen and oxygen atoms in total. The maximum Gasteiger partial charge on any atom is 0.0666 e. The first kappa shape index (κ1) is 7.34. The van der Waals surface area contributed by atoms with Gasteiger partial charge in [-0.3, -0.25) is 0 Å². The predicted molar refractivity (Wildman–Crippen MR) is 46.7 cm³/mol. The lowest BCUT2D eigenvalue weighted by Crippen LogP contribution is -2.64. The summed E-state index contributed by atoms with van der Waals surface area (Å²) in [6.07, 6.45) is 6.06. The minimum Gasteiger partial charge on any atom is -0.377 e. The maximum absolute atomic E-state index is 5.82. The van der Waals surface area contributed by atoms with Crippen LogP contribution in [0, 0.1) is 17.3 Å². The summed E-state index contributed by atoms with van der Waals surface area (Å²) in [5, 5.41) is 0. The standard InChI is InChI=1S/C10H17NO/c11-6-8-7-2-5-12-9(7)10(8)3-1-4-10/h7-9H,1-6,11H2/t7-,8-,9-/m1/s1. The number of ether oxygens (including phenoxy) is 1. The van der Waals surface area contributed by atoms with E-state index >= 15 is 0 Å². The number of hydrogen-bond acceptors (Lipinski definition) is 2. The molecule has 0 amide bonds. The third-order valence-corrected chi connectivity index (χ3v) is 4.50. The van der Waals surface area contributed by atoms with Gasteiger partial charge in [-0.1, -0.05) is 6.42 Å². The first-order chi connectivity index (χ1) is 5.88. The maximum atomic E-state index is 5.82. The van der Waals surface area contributed by atoms with Gasteiger partial charge in [0.05, 0.1) is 6.10 Å². The number of rotatable bonds is 1. The van der Waals surface area contributed by atoms with Crippen molar-refractivity contribution < 1.29 is 4.74 Å². The lowest BCUT2D eigenvalue weighted by Gasteiger charge is -2.63. The molecule has 0 aromatic carbocycles. The van der Waals surface area contributed by atoms with Crippen LogP contribution in [0.25, 0.3) is 0 Å². The van der Waals surface area contributed by atoms with Crippen LogP contribution in [0.3, 0.4) is 0 Å². The Balaban J connectivity index is 1.84. The van der Waals surface area contributed by atoms with Crippen LogP contribution in [0.5, 0.6) is 0 Å². The van der Waals surface area contributed by atoms with E-state index in [-0.39, 0.29) is 0 Å². The van der Waals surface area contributed by atoms with Crippen LogP contribution in [0.2, 0.25) is 0 Å². The number of nitrogens with two attached hydrogens (primary N) is 1. The van der Waals surface area contributed by atoms with Gasteiger partial charge in [-0.05, 0) is 37.6 Å². The molecule has 1 heterocycles. The van der Waals surface area contributed by atoms with Gasteiger partial charge in [0.2, 0.25) is 0 Å². The Labute approximate surface area is 73.5 Å². The average molecular weight is 167 g/mol. The summed E-state index contributed by atoms with van der Waals surface area (Å²) in [6, 6.07) is 0. The second-order valence-electron chi connectivity index (χ2n) is 4.67. The van der Waals surface area contributed by atoms with Crippen LogP contribution < -0.4 is 5.73 Å². The molecule has 2 aliphatic carbocycles. The molecule has 1 saturated heterocycles. The molecule has 1 spiro atoms. The van der Waals surface area contributed by atoms with E-state index in [0.29, 0.717) is 11.5 Å². The van der Waals surface area contributed by atoms with E-state index in [0.717, 1.165) is 25.0 Å². The summed E-state index contributed by atoms with van der Waals surface area (Å²) in [7, 11) is 0. The van der Waals surface area contributed by atoms with Crippen molar-refractivity contribution in [3.8, 4) is 0 Å². The van der Waals surface area contributed by atoms with Crippen LogP contribution in [0.1, 0.15) is 25.7 Å². The molecule has 0 aromatic rings. The molecule has 0 bridgehead atoms. The normalized spacial score (nSPS) is 48.2. The van der Waals surface area contributed by atoms with E-state index in [2.05, 4.69) is 0 Å². The second kappa shape index (κ2) is 2.24. The highest BCUT2D eigenvalue weighted by atomic mass is 16.5. The van der Waals surface area contributed by atoms with Crippen LogP contribution >= 0.6 is 0 Å². The molecule has 68 valence electrons. The summed E-state index contributed by atoms with van der Waals surface area (Å²) in [4.78, 5) is 0. The van der Waals surface area contributed by atoms with Crippen LogP contribution in [-0.2, 0) is 4.74 Å². The van der Waals surface area contributed by atoms with Crippen molar-refractivity contribution in [2.24, 2.45) is 23.0 Å². The predicted octanol–water partition coefficient (Wildman–Crippen LogP) is 1.15. The molecule has 1 aliphatic heterocycles. The van der Waals surface area contributed by atoms with Gasteiger partial charge in [-0.2, -0.15) is 0 Å². The Kier molecular flexibility index (Phi) is 1.37. The van der Waals surface area contributed by atoms with Crippen molar-refractivity contribution in [1.82, 2.24) is 0 Å². The fourth-order valence-corrected chi connectivity index (χ4v) is 3.78. The Morgan fingerprint density at radius 3 is 2.83 bits per heavy atom. The van der Waals surface area contributed by atoms with Crippen LogP contribution in [-0.4, -0.2) is 19.3 Å². The molecule has 0 unspecified atom stereocenters. The second-order valence-corrected chi connectivity index (χ2v) is 4.67. The molecule has 0 radical (unpaired) electrons. The minimum atomic E-state index is 0.565. The number of fused-ring (bicyclic) bond motifs is 2. The largest absolute Gasteiger partial charge is 0.377 e. The zero-order chi connectivity index (χ0) is 8.18. The van der Waals surface area contributed by atoms with Gasteiger partial charge >= 0.3 is 0 Å². The summed E-state index contributed by atoms with van der Waals surface area (Å²) in [5.74, 6) is 1.63. The summed E-state index contributed by atoms with van der Waals surface area (Å²) < 4.78 is 5.79. The van der Waals surface area contributed by atoms with Crippen molar-refractivity contribution >= 4 is 0 Å². The fraction of sp³-hybridized carbons (Fsp3) is 1.00. The quantitative estimate of drug-likeness (QED) is 0.636. The molecule has 3 fully saturated rings. The molecule has 3 atom stereocenters. The topological polar surface area (TPSA) is 35.2 Å². The third kappa shape index (κ3) is 0.612. The van der Waals surface area contributed by atoms with E-state index in [1.807, 2.05) is 0 Å². The van der Waals surface area contributed by atoms with Crippen molar-refractivity contribution in [3.05, 3.63) is 0 Å². The monoisotopic (exact) mass is 167 g/mol. The van der Waals surface area contributed by atoms with Gasteiger partial charge < -0.3 is 10.5 Å². The van der Waals surface area contributed by atoms with Crippen molar-refractivity contribution in [2.75, 3.05) is 13.2 Å². The molecule has 12 heavy (non-hydrogen) atoms. The van der Waals surface area contributed by atoms with Gasteiger partial charge in [0.1, 0.15) is 0 Å². The van der Waals surface area contributed by atoms with E-state index in [4.69, 9.17) is 10.5 Å². The highest BCUT2D eigenvalue weighted by molar-refractivity contribution is 5.14. The minimum absolute atomic E-state index is 0.565. The van der Waals surface area contributed by atoms with Gasteiger partial charge in [0, 0.05) is 12.0 Å². The highest BCUT2D eigenvalue weighted by Crippen LogP contribution is 2.66. The van der Waals surface area contributed by atoms with Crippen LogP contribution in [0.15, 0.2) is 0 Å². The molecular formula is C10H17NO. The average Bonchev–Trinajstić information content (AvgIpc) is 2.32. The zero-order valence-corrected chi connectivity index (χ0v) is 7.46. The Morgan fingerprint density at radius 1 is 1.42 bits per heavy atom. The van der Waals surface area contributed by atoms with Crippen molar-refractivity contribution in [2.45, 2.75) is 31.8 Å². The lowest BCUT2D eigenvalue weighted by atomic mass is 9.43. The Bertz CT molecular complexity index is 200. The van der Waals surface area contributed by atoms with Crippen molar-refractivity contribution in [1.29, 1.82) is 0 Å². The molecule has 3 aliphatic rings. The Morgan fingerprint density at radius 2 is 2.25 bits per heavy atom. The Hall–Kier alpha value is -0.0800. The van der Waals surface area contributed by atoms with E-state index < -0.39 is 0 Å². The van der Waals surface area contributed by atoms with Crippen molar-refractivity contribution in [3.63, 3.8) is 0 Å². The van der Waals surface area contributed by atoms with Gasteiger partial charge in [-0.15, -0.1) is 0 Å². The van der Waals surface area contributed by atoms with E-state index in [1.54, 1.807) is 0 Å². The summed E-state index contributed by atoms with van der Waals surface area (Å²) in [6.45, 7) is 1.89. The van der Waals surface area contributed by atoms with Gasteiger partial charge in [0.25, 0.3) is 0 Å². The highest BCUT2D eigenvalue weighted by Gasteiger charge is 2.65. The smallest absolute Gasteiger partial charge is 0.0666 e. The summed E-state index contributed by atoms with van der Waals surface area (Å²) in [5.41, 5.74) is 6.38. The molecule has 3 rings (SSSR count). The van der Waals surface area contributed by atoms with Crippen LogP contribution in [0.4, 0.5) is 0 Å². The molecule has 2 N–H and O–H groups in total. The van der Waals surface area contributed by atoms with E-state index in [1.165, 1.54) is 25.7 Å². The van der Waals surface area contributed by atoms with Gasteiger partial charge in [0.15, 0.2) is 0 Å². The molecule has 0 aromatic heterocycles. The molecular weight excluding hydrogens is 150 g/mol. The SMILES string of the molecule is NC[C@@H]1[C@H]2CCO[C@H]2C12CCC2. The van der Waals surface area contributed by atoms with E-state index in [9.17, 15) is 0 Å². The first-order valence-corrected chi connectivity index (χ1v) is 5.20. The third-order valence-electron chi connectivity index (χ3n) is 4.50. The molecule has 2 heteroatoms.